The largest absolute Gasteiger partial charge is 0.303 e. The molecule has 0 atom stereocenters. The van der Waals surface area contributed by atoms with Crippen molar-refractivity contribution in [3.05, 3.63) is 102 Å². The molecular weight excluding hydrogens is 430 g/mol. The normalized spacial score (nSPS) is 10.5. The van der Waals surface area contributed by atoms with Crippen LogP contribution in [0.25, 0.3) is 11.0 Å². The number of imidazole rings is 1. The summed E-state index contributed by atoms with van der Waals surface area (Å²) in [6, 6.07) is 25.6. The van der Waals surface area contributed by atoms with Gasteiger partial charge in [0, 0.05) is 11.1 Å². The van der Waals surface area contributed by atoms with Crippen LogP contribution < -0.4 is 5.62 Å². The van der Waals surface area contributed by atoms with Crippen LogP contribution >= 0.6 is 17.0 Å². The molecule has 0 unspecified atom stereocenters. The van der Waals surface area contributed by atoms with Crippen LogP contribution in [0.3, 0.4) is 0 Å². The molecule has 0 saturated carbocycles. The Hall–Kier alpha value is -3.25. The number of carbonyl (C=O) groups excluding carboxylic acids is 2. The Bertz CT molecular complexity index is 1120. The highest BCUT2D eigenvalue weighted by Gasteiger charge is 2.16. The van der Waals surface area contributed by atoms with E-state index < -0.39 is 0 Å². The molecule has 0 radical (unpaired) electrons. The molecule has 6 heteroatoms. The standard InChI is InChI=1S/C23H19N3O2.BrH/c24-23-25(15-21(27)17-9-3-1-4-10-17)19-13-7-8-14-20(19)26(23)16-22(28)18-11-5-2-6-12-18;/h1-14,24H,15-16H2;1H. The van der Waals surface area contributed by atoms with Crippen molar-refractivity contribution < 1.29 is 9.59 Å². The van der Waals surface area contributed by atoms with Crippen molar-refractivity contribution in [2.45, 2.75) is 13.1 Å². The molecule has 0 aliphatic rings. The number of aromatic nitrogens is 2. The Kier molecular flexibility index (Phi) is 6.24. The van der Waals surface area contributed by atoms with Crippen LogP contribution in [0.5, 0.6) is 0 Å². The molecule has 0 aliphatic heterocycles. The summed E-state index contributed by atoms with van der Waals surface area (Å²) in [6.45, 7) is 0.103. The zero-order chi connectivity index (χ0) is 19.5. The molecule has 0 fully saturated rings. The van der Waals surface area contributed by atoms with E-state index in [0.717, 1.165) is 11.0 Å². The molecule has 4 rings (SSSR count). The van der Waals surface area contributed by atoms with Gasteiger partial charge in [0.1, 0.15) is 0 Å². The monoisotopic (exact) mass is 449 g/mol. The number of Topliss-reactive ketones (excluding diaryl/α,β-unsaturated/α-hetero) is 2. The summed E-state index contributed by atoms with van der Waals surface area (Å²) in [5.74, 6) is -0.146. The van der Waals surface area contributed by atoms with Gasteiger partial charge in [-0.2, -0.15) is 0 Å². The fourth-order valence-electron chi connectivity index (χ4n) is 3.33. The number of hydrogen-bond acceptors (Lipinski definition) is 3. The third-order valence-electron chi connectivity index (χ3n) is 4.77. The summed E-state index contributed by atoms with van der Waals surface area (Å²) in [6.07, 6.45) is 0. The number of halogens is 1. The van der Waals surface area contributed by atoms with E-state index in [9.17, 15) is 9.59 Å². The van der Waals surface area contributed by atoms with Gasteiger partial charge in [-0.15, -0.1) is 17.0 Å². The van der Waals surface area contributed by atoms with Crippen LogP contribution in [-0.4, -0.2) is 20.7 Å². The van der Waals surface area contributed by atoms with Crippen LogP contribution in [0.2, 0.25) is 0 Å². The molecule has 0 aliphatic carbocycles. The lowest BCUT2D eigenvalue weighted by molar-refractivity contribution is 0.0970. The summed E-state index contributed by atoms with van der Waals surface area (Å²) in [5.41, 5.74) is 2.86. The number of carbonyl (C=O) groups is 2. The maximum atomic E-state index is 12.7. The van der Waals surface area contributed by atoms with Crippen molar-refractivity contribution >= 4 is 39.6 Å². The van der Waals surface area contributed by atoms with Gasteiger partial charge in [0.05, 0.1) is 24.1 Å². The first-order chi connectivity index (χ1) is 13.6. The van der Waals surface area contributed by atoms with Gasteiger partial charge < -0.3 is 9.13 Å². The first-order valence-electron chi connectivity index (χ1n) is 9.04. The minimum absolute atomic E-state index is 0. The van der Waals surface area contributed by atoms with Gasteiger partial charge in [-0.1, -0.05) is 72.8 Å². The van der Waals surface area contributed by atoms with E-state index in [1.165, 1.54) is 0 Å². The van der Waals surface area contributed by atoms with Gasteiger partial charge in [-0.05, 0) is 12.1 Å². The first-order valence-corrected chi connectivity index (χ1v) is 9.04. The van der Waals surface area contributed by atoms with Crippen molar-refractivity contribution in [3.63, 3.8) is 0 Å². The van der Waals surface area contributed by atoms with Gasteiger partial charge in [-0.25, -0.2) is 0 Å². The lowest BCUT2D eigenvalue weighted by Gasteiger charge is -2.05. The van der Waals surface area contributed by atoms with Gasteiger partial charge in [0.25, 0.3) is 0 Å². The number of hydrogen-bond donors (Lipinski definition) is 1. The number of ketones is 2. The number of para-hydroxylation sites is 2. The highest BCUT2D eigenvalue weighted by Crippen LogP contribution is 2.15. The smallest absolute Gasteiger partial charge is 0.203 e. The molecule has 4 aromatic rings. The molecule has 0 bridgehead atoms. The maximum Gasteiger partial charge on any atom is 0.203 e. The molecule has 0 saturated heterocycles. The second kappa shape index (κ2) is 8.84. The predicted octanol–water partition coefficient (Wildman–Crippen LogP) is 4.27. The number of fused-ring (bicyclic) bond motifs is 1. The van der Waals surface area contributed by atoms with E-state index in [0.29, 0.717) is 11.1 Å². The third kappa shape index (κ3) is 4.12. The van der Waals surface area contributed by atoms with Crippen LogP contribution in [0.1, 0.15) is 20.7 Å². The van der Waals surface area contributed by atoms with E-state index in [1.54, 1.807) is 33.4 Å². The Morgan fingerprint density at radius 1 is 0.621 bits per heavy atom. The average Bonchev–Trinajstić information content (AvgIpc) is 3.01. The molecule has 1 heterocycles. The molecular formula is C23H20BrN3O2. The molecule has 1 N–H and O–H groups in total. The minimum Gasteiger partial charge on any atom is -0.303 e. The summed E-state index contributed by atoms with van der Waals surface area (Å²) < 4.78 is 3.31. The quantitative estimate of drug-likeness (QED) is 0.446. The fraction of sp³-hybridized carbons (Fsp3) is 0.0870. The van der Waals surface area contributed by atoms with E-state index >= 15 is 0 Å². The summed E-state index contributed by atoms with van der Waals surface area (Å²) in [5, 5.41) is 8.61. The number of nitrogens with one attached hydrogen (secondary N) is 1. The summed E-state index contributed by atoms with van der Waals surface area (Å²) >= 11 is 0. The molecule has 146 valence electrons. The molecule has 0 spiro atoms. The Morgan fingerprint density at radius 2 is 0.966 bits per heavy atom. The lowest BCUT2D eigenvalue weighted by Crippen LogP contribution is -2.29. The second-order valence-corrected chi connectivity index (χ2v) is 6.56. The van der Waals surface area contributed by atoms with Crippen molar-refractivity contribution in [1.29, 1.82) is 5.41 Å². The van der Waals surface area contributed by atoms with Gasteiger partial charge >= 0.3 is 0 Å². The maximum absolute atomic E-state index is 12.7. The second-order valence-electron chi connectivity index (χ2n) is 6.56. The third-order valence-corrected chi connectivity index (χ3v) is 4.77. The zero-order valence-corrected chi connectivity index (χ0v) is 17.3. The van der Waals surface area contributed by atoms with Crippen molar-refractivity contribution in [2.24, 2.45) is 0 Å². The molecule has 29 heavy (non-hydrogen) atoms. The SMILES string of the molecule is Br.N=c1n(CC(=O)c2ccccc2)c2ccccc2n1CC(=O)c1ccccc1. The van der Waals surface area contributed by atoms with E-state index in [4.69, 9.17) is 5.41 Å². The van der Waals surface area contributed by atoms with Gasteiger partial charge in [-0.3, -0.25) is 15.0 Å². The van der Waals surface area contributed by atoms with Crippen molar-refractivity contribution in [2.75, 3.05) is 0 Å². The molecule has 0 amide bonds. The topological polar surface area (TPSA) is 67.8 Å². The molecule has 3 aromatic carbocycles. The highest BCUT2D eigenvalue weighted by atomic mass is 79.9. The van der Waals surface area contributed by atoms with Crippen LogP contribution in [0, 0.1) is 5.41 Å². The average molecular weight is 450 g/mol. The van der Waals surface area contributed by atoms with E-state index in [1.807, 2.05) is 60.7 Å². The number of rotatable bonds is 6. The highest BCUT2D eigenvalue weighted by molar-refractivity contribution is 8.93. The number of nitrogens with zero attached hydrogens (tertiary/aromatic N) is 2. The van der Waals surface area contributed by atoms with Crippen molar-refractivity contribution in [3.8, 4) is 0 Å². The lowest BCUT2D eigenvalue weighted by atomic mass is 10.1. The van der Waals surface area contributed by atoms with Crippen LogP contribution in [0.4, 0.5) is 0 Å². The zero-order valence-electron chi connectivity index (χ0n) is 15.6. The summed E-state index contributed by atoms with van der Waals surface area (Å²) in [4.78, 5) is 25.4. The Morgan fingerprint density at radius 3 is 1.34 bits per heavy atom. The van der Waals surface area contributed by atoms with Crippen LogP contribution in [-0.2, 0) is 13.1 Å². The Labute approximate surface area is 178 Å². The predicted molar refractivity (Wildman–Crippen MR) is 118 cm³/mol. The fourth-order valence-corrected chi connectivity index (χ4v) is 3.33. The minimum atomic E-state index is -0.0728. The number of benzene rings is 3. The Balaban J connectivity index is 0.00000240. The van der Waals surface area contributed by atoms with Gasteiger partial charge in [0.2, 0.25) is 5.62 Å². The van der Waals surface area contributed by atoms with Crippen molar-refractivity contribution in [1.82, 2.24) is 9.13 Å². The molecule has 1 aromatic heterocycles. The van der Waals surface area contributed by atoms with Crippen LogP contribution in [0.15, 0.2) is 84.9 Å². The van der Waals surface area contributed by atoms with Gasteiger partial charge in [0.15, 0.2) is 11.6 Å². The first kappa shape index (κ1) is 20.5. The van der Waals surface area contributed by atoms with E-state index in [2.05, 4.69) is 0 Å². The van der Waals surface area contributed by atoms with E-state index in [-0.39, 0.29) is 47.3 Å². The summed E-state index contributed by atoms with van der Waals surface area (Å²) in [7, 11) is 0. The molecule has 5 nitrogen and oxygen atoms in total.